The number of piperidine rings is 1. The largest absolute Gasteiger partial charge is 0.384 e. The molecule has 3 heterocycles. The number of anilines is 2. The van der Waals surface area contributed by atoms with E-state index in [1.807, 2.05) is 29.2 Å². The van der Waals surface area contributed by atoms with E-state index in [0.29, 0.717) is 37.3 Å². The van der Waals surface area contributed by atoms with Gasteiger partial charge in [-0.1, -0.05) is 38.7 Å². The van der Waals surface area contributed by atoms with Gasteiger partial charge in [0.15, 0.2) is 0 Å². The lowest BCUT2D eigenvalue weighted by Gasteiger charge is -2.36. The third-order valence-electron chi connectivity index (χ3n) is 9.34. The van der Waals surface area contributed by atoms with Crippen molar-refractivity contribution in [1.82, 2.24) is 26.0 Å². The van der Waals surface area contributed by atoms with E-state index < -0.39 is 29.7 Å². The molecule has 13 nitrogen and oxygen atoms in total. The van der Waals surface area contributed by atoms with Crippen molar-refractivity contribution in [1.29, 1.82) is 0 Å². The van der Waals surface area contributed by atoms with E-state index in [-0.39, 0.29) is 35.8 Å². The predicted octanol–water partition coefficient (Wildman–Crippen LogP) is 3.22. The van der Waals surface area contributed by atoms with Gasteiger partial charge in [0.1, 0.15) is 6.04 Å². The van der Waals surface area contributed by atoms with Gasteiger partial charge in [-0.05, 0) is 62.1 Å². The molecule has 0 radical (unpaired) electrons. The molecule has 0 spiro atoms. The summed E-state index contributed by atoms with van der Waals surface area (Å²) in [5.41, 5.74) is 8.40. The second-order valence-corrected chi connectivity index (χ2v) is 12.8. The second-order valence-electron chi connectivity index (χ2n) is 12.8. The molecule has 2 fully saturated rings. The quantitative estimate of drug-likeness (QED) is 0.119. The van der Waals surface area contributed by atoms with Crippen LogP contribution in [-0.4, -0.2) is 90.6 Å². The monoisotopic (exact) mass is 673 g/mol. The van der Waals surface area contributed by atoms with E-state index in [1.165, 1.54) is 12.8 Å². The van der Waals surface area contributed by atoms with Crippen LogP contribution < -0.4 is 26.4 Å². The molecule has 2 saturated heterocycles. The number of benzene rings is 2. The number of imide groups is 2. The number of hydrogen-bond donors (Lipinski definition) is 4. The van der Waals surface area contributed by atoms with Gasteiger partial charge in [0.05, 0.1) is 11.1 Å². The molecular formula is C36H47N7O6. The molecule has 2 aromatic rings. The Morgan fingerprint density at radius 2 is 1.57 bits per heavy atom. The van der Waals surface area contributed by atoms with Crippen molar-refractivity contribution in [3.05, 3.63) is 59.2 Å². The van der Waals surface area contributed by atoms with Crippen molar-refractivity contribution in [3.8, 4) is 0 Å². The molecule has 6 amide bonds. The third kappa shape index (κ3) is 8.83. The van der Waals surface area contributed by atoms with Crippen LogP contribution in [0.2, 0.25) is 0 Å². The zero-order valence-corrected chi connectivity index (χ0v) is 28.2. The Morgan fingerprint density at radius 1 is 0.837 bits per heavy atom. The number of amides is 6. The normalized spacial score (nSPS) is 17.7. The van der Waals surface area contributed by atoms with Crippen molar-refractivity contribution < 1.29 is 28.8 Å². The first-order valence-corrected chi connectivity index (χ1v) is 17.5. The SMILES string of the molecule is CCCCCCNNC(=O)c1ccc(N2CCN(C(=O)CCCCCNc3cccc4c3C(=O)N([C@H]3CCC(=O)NC3=O)C4=O)CC2)cc1. The zero-order valence-electron chi connectivity index (χ0n) is 28.2. The maximum absolute atomic E-state index is 13.3. The Kier molecular flexibility index (Phi) is 12.4. The molecular weight excluding hydrogens is 626 g/mol. The van der Waals surface area contributed by atoms with E-state index in [2.05, 4.69) is 33.3 Å². The Balaban J connectivity index is 0.985. The fourth-order valence-corrected chi connectivity index (χ4v) is 6.51. The van der Waals surface area contributed by atoms with Gasteiger partial charge in [-0.25, -0.2) is 5.43 Å². The highest BCUT2D eigenvalue weighted by molar-refractivity contribution is 6.25. The number of nitrogens with zero attached hydrogens (tertiary/aromatic N) is 3. The molecule has 49 heavy (non-hydrogen) atoms. The third-order valence-corrected chi connectivity index (χ3v) is 9.34. The van der Waals surface area contributed by atoms with Crippen LogP contribution in [0.25, 0.3) is 0 Å². The van der Waals surface area contributed by atoms with Crippen molar-refractivity contribution in [2.24, 2.45) is 0 Å². The number of hydrazine groups is 1. The van der Waals surface area contributed by atoms with Crippen LogP contribution >= 0.6 is 0 Å². The Bertz CT molecular complexity index is 1540. The van der Waals surface area contributed by atoms with Gasteiger partial charge in [-0.2, -0.15) is 0 Å². The molecule has 13 heteroatoms. The summed E-state index contributed by atoms with van der Waals surface area (Å²) in [4.78, 5) is 80.6. The lowest BCUT2D eigenvalue weighted by atomic mass is 10.0. The van der Waals surface area contributed by atoms with Crippen LogP contribution in [0.4, 0.5) is 11.4 Å². The maximum atomic E-state index is 13.3. The minimum atomic E-state index is -1.00. The molecule has 0 saturated carbocycles. The second kappa shape index (κ2) is 17.0. The summed E-state index contributed by atoms with van der Waals surface area (Å²) >= 11 is 0. The van der Waals surface area contributed by atoms with Gasteiger partial charge in [0.25, 0.3) is 17.7 Å². The summed E-state index contributed by atoms with van der Waals surface area (Å²) in [5.74, 6) is -2.13. The smallest absolute Gasteiger partial charge is 0.265 e. The van der Waals surface area contributed by atoms with Crippen LogP contribution in [0.3, 0.4) is 0 Å². The molecule has 262 valence electrons. The van der Waals surface area contributed by atoms with Crippen molar-refractivity contribution in [2.75, 3.05) is 49.5 Å². The van der Waals surface area contributed by atoms with Gasteiger partial charge in [-0.3, -0.25) is 44.4 Å². The predicted molar refractivity (Wildman–Crippen MR) is 185 cm³/mol. The number of nitrogens with one attached hydrogen (secondary N) is 4. The van der Waals surface area contributed by atoms with Crippen LogP contribution in [0.1, 0.15) is 102 Å². The molecule has 0 unspecified atom stereocenters. The Labute approximate surface area is 287 Å². The van der Waals surface area contributed by atoms with Crippen LogP contribution in [0.15, 0.2) is 42.5 Å². The van der Waals surface area contributed by atoms with E-state index in [0.717, 1.165) is 62.3 Å². The summed E-state index contributed by atoms with van der Waals surface area (Å²) in [6, 6.07) is 11.6. The summed E-state index contributed by atoms with van der Waals surface area (Å²) in [6.07, 6.45) is 7.53. The van der Waals surface area contributed by atoms with E-state index in [9.17, 15) is 28.8 Å². The number of carbonyl (C=O) groups excluding carboxylic acids is 6. The summed E-state index contributed by atoms with van der Waals surface area (Å²) in [6.45, 7) is 6.22. The van der Waals surface area contributed by atoms with Gasteiger partial charge in [0.2, 0.25) is 17.7 Å². The lowest BCUT2D eigenvalue weighted by molar-refractivity contribution is -0.136. The first-order valence-electron chi connectivity index (χ1n) is 17.5. The molecule has 0 aromatic heterocycles. The average Bonchev–Trinajstić information content (AvgIpc) is 3.37. The van der Waals surface area contributed by atoms with E-state index >= 15 is 0 Å². The van der Waals surface area contributed by atoms with Crippen molar-refractivity contribution in [3.63, 3.8) is 0 Å². The molecule has 0 bridgehead atoms. The standard InChI is InChI=1S/C36H47N7O6/c1-2-3-4-8-20-38-40-33(46)25-13-15-26(16-14-25)41-21-23-42(24-22-41)31(45)12-6-5-7-19-37-28-11-9-10-27-32(28)36(49)43(35(27)48)29-17-18-30(44)39-34(29)47/h9-11,13-16,29,37-38H,2-8,12,17-24H2,1H3,(H,40,46)(H,39,44,47)/t29-/m0/s1. The Morgan fingerprint density at radius 3 is 2.31 bits per heavy atom. The summed E-state index contributed by atoms with van der Waals surface area (Å²) in [5, 5.41) is 5.47. The highest BCUT2D eigenvalue weighted by atomic mass is 16.2. The molecule has 1 atom stereocenters. The maximum Gasteiger partial charge on any atom is 0.265 e. The number of unbranched alkanes of at least 4 members (excludes halogenated alkanes) is 5. The first-order chi connectivity index (χ1) is 23.8. The molecule has 4 N–H and O–H groups in total. The highest BCUT2D eigenvalue weighted by Gasteiger charge is 2.45. The molecule has 2 aromatic carbocycles. The molecule has 5 rings (SSSR count). The van der Waals surface area contributed by atoms with Crippen LogP contribution in [0.5, 0.6) is 0 Å². The molecule has 3 aliphatic heterocycles. The van der Waals surface area contributed by atoms with Crippen molar-refractivity contribution in [2.45, 2.75) is 77.2 Å². The topological polar surface area (TPSA) is 160 Å². The van der Waals surface area contributed by atoms with Gasteiger partial charge in [-0.15, -0.1) is 0 Å². The van der Waals surface area contributed by atoms with E-state index in [1.54, 1.807) is 18.2 Å². The molecule has 0 aliphatic carbocycles. The summed E-state index contributed by atoms with van der Waals surface area (Å²) < 4.78 is 0. The van der Waals surface area contributed by atoms with E-state index in [4.69, 9.17) is 0 Å². The number of fused-ring (bicyclic) bond motifs is 1. The number of hydrogen-bond acceptors (Lipinski definition) is 9. The van der Waals surface area contributed by atoms with Gasteiger partial charge >= 0.3 is 0 Å². The average molecular weight is 674 g/mol. The number of carbonyl (C=O) groups is 6. The van der Waals surface area contributed by atoms with Crippen molar-refractivity contribution >= 4 is 46.8 Å². The Hall–Kier alpha value is -4.78. The highest BCUT2D eigenvalue weighted by Crippen LogP contribution is 2.32. The van der Waals surface area contributed by atoms with Crippen LogP contribution in [0, 0.1) is 0 Å². The minimum Gasteiger partial charge on any atom is -0.384 e. The van der Waals surface area contributed by atoms with Gasteiger partial charge < -0.3 is 15.1 Å². The lowest BCUT2D eigenvalue weighted by Crippen LogP contribution is -2.54. The molecule has 3 aliphatic rings. The fraction of sp³-hybridized carbons (Fsp3) is 0.500. The van der Waals surface area contributed by atoms with Crippen LogP contribution in [-0.2, 0) is 14.4 Å². The number of rotatable bonds is 16. The number of piperazine rings is 1. The first kappa shape index (κ1) is 35.5. The fourth-order valence-electron chi connectivity index (χ4n) is 6.51. The summed E-state index contributed by atoms with van der Waals surface area (Å²) in [7, 11) is 0. The zero-order chi connectivity index (χ0) is 34.8. The van der Waals surface area contributed by atoms with Gasteiger partial charge in [0, 0.05) is 69.0 Å². The minimum absolute atomic E-state index is 0.0716.